The average Bonchev–Trinajstić information content (AvgIpc) is 3.11. The molecule has 0 amide bonds. The van der Waals surface area contributed by atoms with E-state index in [2.05, 4.69) is 194 Å². The summed E-state index contributed by atoms with van der Waals surface area (Å²) in [7, 11) is 0. The number of anilines is 3. The van der Waals surface area contributed by atoms with Gasteiger partial charge in [0.15, 0.2) is 0 Å². The Kier molecular flexibility index (Phi) is 7.60. The first-order valence-corrected chi connectivity index (χ1v) is 15.1. The van der Waals surface area contributed by atoms with Gasteiger partial charge in [0.1, 0.15) is 0 Å². The average molecular weight is 564 g/mol. The zero-order valence-electron chi connectivity index (χ0n) is 24.8. The fourth-order valence-corrected chi connectivity index (χ4v) is 5.95. The fraction of sp³-hybridized carbons (Fsp3) is 0.0233. The van der Waals surface area contributed by atoms with Crippen molar-refractivity contribution >= 4 is 17.1 Å². The summed E-state index contributed by atoms with van der Waals surface area (Å²) in [5.41, 5.74) is 14.2. The number of aryl methyl sites for hydroxylation is 1. The zero-order chi connectivity index (χ0) is 29.7. The van der Waals surface area contributed by atoms with Crippen molar-refractivity contribution in [3.8, 4) is 44.5 Å². The Labute approximate surface area is 260 Å². The van der Waals surface area contributed by atoms with Gasteiger partial charge in [-0.25, -0.2) is 0 Å². The highest BCUT2D eigenvalue weighted by Gasteiger charge is 2.20. The van der Waals surface area contributed by atoms with Crippen LogP contribution in [0.3, 0.4) is 0 Å². The van der Waals surface area contributed by atoms with Crippen LogP contribution in [0.5, 0.6) is 0 Å². The zero-order valence-corrected chi connectivity index (χ0v) is 24.8. The largest absolute Gasteiger partial charge is 0.310 e. The highest BCUT2D eigenvalue weighted by atomic mass is 15.1. The van der Waals surface area contributed by atoms with Crippen molar-refractivity contribution in [2.24, 2.45) is 0 Å². The van der Waals surface area contributed by atoms with Gasteiger partial charge < -0.3 is 4.90 Å². The number of nitrogens with zero attached hydrogens (tertiary/aromatic N) is 1. The van der Waals surface area contributed by atoms with Gasteiger partial charge in [-0.2, -0.15) is 0 Å². The van der Waals surface area contributed by atoms with E-state index in [4.69, 9.17) is 0 Å². The van der Waals surface area contributed by atoms with Crippen molar-refractivity contribution in [3.63, 3.8) is 0 Å². The summed E-state index contributed by atoms with van der Waals surface area (Å²) in [5, 5.41) is 0. The van der Waals surface area contributed by atoms with E-state index in [-0.39, 0.29) is 0 Å². The van der Waals surface area contributed by atoms with Crippen LogP contribution in [0.4, 0.5) is 17.1 Å². The second-order valence-corrected chi connectivity index (χ2v) is 11.1. The summed E-state index contributed by atoms with van der Waals surface area (Å²) < 4.78 is 0. The molecule has 44 heavy (non-hydrogen) atoms. The van der Waals surface area contributed by atoms with Gasteiger partial charge >= 0.3 is 0 Å². The van der Waals surface area contributed by atoms with Crippen molar-refractivity contribution in [3.05, 3.63) is 188 Å². The summed E-state index contributed by atoms with van der Waals surface area (Å²) in [5.74, 6) is 0. The molecule has 0 aliphatic heterocycles. The summed E-state index contributed by atoms with van der Waals surface area (Å²) in [6.45, 7) is 2.22. The molecule has 0 fully saturated rings. The van der Waals surface area contributed by atoms with Crippen LogP contribution in [0, 0.1) is 6.92 Å². The molecule has 1 nitrogen and oxygen atoms in total. The van der Waals surface area contributed by atoms with E-state index >= 15 is 0 Å². The lowest BCUT2D eigenvalue weighted by Crippen LogP contribution is -2.12. The Hall–Kier alpha value is -5.66. The molecular formula is C43H33N. The molecule has 7 aromatic carbocycles. The third-order valence-corrected chi connectivity index (χ3v) is 8.21. The van der Waals surface area contributed by atoms with Gasteiger partial charge in [0.2, 0.25) is 0 Å². The Morgan fingerprint density at radius 2 is 0.705 bits per heavy atom. The van der Waals surface area contributed by atoms with Crippen LogP contribution in [0.15, 0.2) is 182 Å². The van der Waals surface area contributed by atoms with E-state index in [1.54, 1.807) is 0 Å². The molecule has 0 N–H and O–H groups in total. The number of hydrogen-bond acceptors (Lipinski definition) is 1. The maximum Gasteiger partial charge on any atom is 0.0540 e. The molecule has 0 saturated heterocycles. The topological polar surface area (TPSA) is 3.24 Å². The standard InChI is InChI=1S/C43H33N/c1-32-30-38(34-16-8-3-9-17-34)24-28-42(32)44(40-26-22-36(23-27-40)33-14-6-2-7-15-33)43-29-25-39(35-18-10-4-11-19-35)31-41(43)37-20-12-5-13-21-37/h2-31H,1H3. The van der Waals surface area contributed by atoms with Crippen molar-refractivity contribution in [2.75, 3.05) is 4.90 Å². The fourth-order valence-electron chi connectivity index (χ4n) is 5.95. The lowest BCUT2D eigenvalue weighted by atomic mass is 9.95. The molecule has 0 unspecified atom stereocenters. The van der Waals surface area contributed by atoms with Crippen LogP contribution in [0.25, 0.3) is 44.5 Å². The number of benzene rings is 7. The van der Waals surface area contributed by atoms with Crippen LogP contribution in [-0.4, -0.2) is 0 Å². The molecule has 0 saturated carbocycles. The summed E-state index contributed by atoms with van der Waals surface area (Å²) >= 11 is 0. The van der Waals surface area contributed by atoms with Gasteiger partial charge in [-0.05, 0) is 87.8 Å². The molecule has 0 atom stereocenters. The van der Waals surface area contributed by atoms with Crippen molar-refractivity contribution in [2.45, 2.75) is 6.92 Å². The summed E-state index contributed by atoms with van der Waals surface area (Å²) in [6, 6.07) is 65.1. The van der Waals surface area contributed by atoms with E-state index in [1.807, 2.05) is 0 Å². The SMILES string of the molecule is Cc1cc(-c2ccccc2)ccc1N(c1ccc(-c2ccccc2)cc1)c1ccc(-c2ccccc2)cc1-c1ccccc1. The molecular weight excluding hydrogens is 530 g/mol. The number of hydrogen-bond donors (Lipinski definition) is 0. The van der Waals surface area contributed by atoms with Crippen molar-refractivity contribution in [1.82, 2.24) is 0 Å². The molecule has 0 aromatic heterocycles. The Bertz CT molecular complexity index is 1980. The van der Waals surface area contributed by atoms with Crippen LogP contribution in [0.2, 0.25) is 0 Å². The Morgan fingerprint density at radius 1 is 0.318 bits per heavy atom. The molecule has 7 aromatic rings. The third-order valence-electron chi connectivity index (χ3n) is 8.21. The second kappa shape index (κ2) is 12.3. The Morgan fingerprint density at radius 3 is 1.20 bits per heavy atom. The summed E-state index contributed by atoms with van der Waals surface area (Å²) in [4.78, 5) is 2.41. The predicted octanol–water partition coefficient (Wildman–Crippen LogP) is 12.1. The van der Waals surface area contributed by atoms with Crippen molar-refractivity contribution < 1.29 is 0 Å². The van der Waals surface area contributed by atoms with E-state index < -0.39 is 0 Å². The first kappa shape index (κ1) is 27.2. The van der Waals surface area contributed by atoms with E-state index in [0.717, 1.165) is 17.1 Å². The molecule has 210 valence electrons. The molecule has 1 heteroatoms. The van der Waals surface area contributed by atoms with Crippen LogP contribution >= 0.6 is 0 Å². The second-order valence-electron chi connectivity index (χ2n) is 11.1. The molecule has 7 rings (SSSR count). The highest BCUT2D eigenvalue weighted by molar-refractivity contribution is 5.92. The molecule has 0 bridgehead atoms. The van der Waals surface area contributed by atoms with Gasteiger partial charge in [0, 0.05) is 16.9 Å². The molecule has 0 aliphatic carbocycles. The quantitative estimate of drug-likeness (QED) is 0.186. The van der Waals surface area contributed by atoms with Gasteiger partial charge in [-0.1, -0.05) is 146 Å². The first-order chi connectivity index (χ1) is 21.7. The molecule has 0 heterocycles. The lowest BCUT2D eigenvalue weighted by Gasteiger charge is -2.30. The molecule has 0 radical (unpaired) electrons. The molecule has 0 spiro atoms. The monoisotopic (exact) mass is 563 g/mol. The van der Waals surface area contributed by atoms with Gasteiger partial charge in [-0.15, -0.1) is 0 Å². The third kappa shape index (κ3) is 5.56. The van der Waals surface area contributed by atoms with Crippen molar-refractivity contribution in [1.29, 1.82) is 0 Å². The van der Waals surface area contributed by atoms with Gasteiger partial charge in [0.25, 0.3) is 0 Å². The minimum absolute atomic E-state index is 1.12. The maximum atomic E-state index is 2.41. The van der Waals surface area contributed by atoms with Crippen LogP contribution in [0.1, 0.15) is 5.56 Å². The minimum Gasteiger partial charge on any atom is -0.310 e. The normalized spacial score (nSPS) is 10.8. The predicted molar refractivity (Wildman–Crippen MR) is 188 cm³/mol. The first-order valence-electron chi connectivity index (χ1n) is 15.1. The smallest absolute Gasteiger partial charge is 0.0540 e. The minimum atomic E-state index is 1.12. The van der Waals surface area contributed by atoms with Gasteiger partial charge in [-0.3, -0.25) is 0 Å². The lowest BCUT2D eigenvalue weighted by molar-refractivity contribution is 1.25. The van der Waals surface area contributed by atoms with Crippen LogP contribution in [-0.2, 0) is 0 Å². The van der Waals surface area contributed by atoms with E-state index in [9.17, 15) is 0 Å². The summed E-state index contributed by atoms with van der Waals surface area (Å²) in [6.07, 6.45) is 0. The Balaban J connectivity index is 1.42. The van der Waals surface area contributed by atoms with Gasteiger partial charge in [0.05, 0.1) is 5.69 Å². The number of rotatable bonds is 7. The highest BCUT2D eigenvalue weighted by Crippen LogP contribution is 2.44. The van der Waals surface area contributed by atoms with E-state index in [1.165, 1.54) is 50.1 Å². The maximum absolute atomic E-state index is 2.41. The van der Waals surface area contributed by atoms with E-state index in [0.29, 0.717) is 0 Å². The molecule has 0 aliphatic rings. The van der Waals surface area contributed by atoms with Crippen LogP contribution < -0.4 is 4.90 Å².